The van der Waals surface area contributed by atoms with Crippen LogP contribution in [0.25, 0.3) is 0 Å². The molecule has 4 rings (SSSR count). The quantitative estimate of drug-likeness (QED) is 0.408. The molecule has 3 aromatic carbocycles. The second-order valence-corrected chi connectivity index (χ2v) is 8.04. The molecule has 166 valence electrons. The van der Waals surface area contributed by atoms with E-state index in [0.29, 0.717) is 27.5 Å². The maximum absolute atomic E-state index is 12.6. The van der Waals surface area contributed by atoms with Gasteiger partial charge in [0.15, 0.2) is 6.10 Å². The van der Waals surface area contributed by atoms with E-state index < -0.39 is 29.8 Å². The van der Waals surface area contributed by atoms with Crippen molar-refractivity contribution in [3.63, 3.8) is 0 Å². The molecule has 33 heavy (non-hydrogen) atoms. The van der Waals surface area contributed by atoms with Crippen LogP contribution in [-0.2, 0) is 9.53 Å². The SMILES string of the molecule is CC(OC(=O)c1ccc(N2C(=O)c3ccccc3C2=O)cc1)C(=O)Nc1cc(Cl)ccc1Cl. The van der Waals surface area contributed by atoms with Crippen molar-refractivity contribution in [2.45, 2.75) is 13.0 Å². The van der Waals surface area contributed by atoms with Crippen LogP contribution in [0.4, 0.5) is 11.4 Å². The summed E-state index contributed by atoms with van der Waals surface area (Å²) in [6.45, 7) is 1.42. The van der Waals surface area contributed by atoms with Crippen LogP contribution in [0.1, 0.15) is 38.0 Å². The minimum Gasteiger partial charge on any atom is -0.449 e. The van der Waals surface area contributed by atoms with Crippen LogP contribution in [0.2, 0.25) is 10.0 Å². The molecule has 3 aromatic rings. The number of ether oxygens (including phenoxy) is 1. The van der Waals surface area contributed by atoms with E-state index in [9.17, 15) is 19.2 Å². The van der Waals surface area contributed by atoms with Crippen molar-refractivity contribution >= 4 is 58.3 Å². The zero-order valence-electron chi connectivity index (χ0n) is 17.2. The van der Waals surface area contributed by atoms with E-state index in [2.05, 4.69) is 5.32 Å². The number of rotatable bonds is 5. The maximum Gasteiger partial charge on any atom is 0.338 e. The van der Waals surface area contributed by atoms with Crippen molar-refractivity contribution in [3.05, 3.63) is 93.5 Å². The van der Waals surface area contributed by atoms with Gasteiger partial charge >= 0.3 is 5.97 Å². The van der Waals surface area contributed by atoms with Gasteiger partial charge in [-0.25, -0.2) is 9.69 Å². The Morgan fingerprint density at radius 3 is 2.12 bits per heavy atom. The summed E-state index contributed by atoms with van der Waals surface area (Å²) in [5.74, 6) is -2.20. The topological polar surface area (TPSA) is 92.8 Å². The first kappa shape index (κ1) is 22.5. The first-order valence-electron chi connectivity index (χ1n) is 9.81. The number of hydrogen-bond acceptors (Lipinski definition) is 5. The lowest BCUT2D eigenvalue weighted by Crippen LogP contribution is -2.30. The first-order valence-corrected chi connectivity index (χ1v) is 10.6. The average Bonchev–Trinajstić information content (AvgIpc) is 3.06. The Bertz CT molecular complexity index is 1260. The Balaban J connectivity index is 1.42. The average molecular weight is 483 g/mol. The summed E-state index contributed by atoms with van der Waals surface area (Å²) in [7, 11) is 0. The molecule has 7 nitrogen and oxygen atoms in total. The molecule has 0 bridgehead atoms. The van der Waals surface area contributed by atoms with E-state index in [-0.39, 0.29) is 10.6 Å². The number of benzene rings is 3. The second kappa shape index (κ2) is 9.05. The molecular weight excluding hydrogens is 467 g/mol. The summed E-state index contributed by atoms with van der Waals surface area (Å²) in [4.78, 5) is 51.1. The van der Waals surface area contributed by atoms with Gasteiger partial charge in [-0.2, -0.15) is 0 Å². The highest BCUT2D eigenvalue weighted by Gasteiger charge is 2.36. The molecule has 3 amide bonds. The zero-order valence-corrected chi connectivity index (χ0v) is 18.7. The number of nitrogens with zero attached hydrogens (tertiary/aromatic N) is 1. The number of anilines is 2. The third-order valence-electron chi connectivity index (χ3n) is 4.99. The molecule has 0 fully saturated rings. The molecule has 0 aromatic heterocycles. The molecule has 0 radical (unpaired) electrons. The smallest absolute Gasteiger partial charge is 0.338 e. The van der Waals surface area contributed by atoms with Crippen molar-refractivity contribution in [1.29, 1.82) is 0 Å². The van der Waals surface area contributed by atoms with E-state index in [1.807, 2.05) is 0 Å². The molecular formula is C24H16Cl2N2O5. The fourth-order valence-electron chi connectivity index (χ4n) is 3.28. The van der Waals surface area contributed by atoms with Crippen LogP contribution in [-0.4, -0.2) is 29.8 Å². The zero-order chi connectivity index (χ0) is 23.7. The number of imide groups is 1. The molecule has 0 aliphatic carbocycles. The number of carbonyl (C=O) groups is 4. The van der Waals surface area contributed by atoms with Gasteiger partial charge in [0, 0.05) is 5.02 Å². The maximum atomic E-state index is 12.6. The second-order valence-electron chi connectivity index (χ2n) is 7.20. The Morgan fingerprint density at radius 2 is 1.52 bits per heavy atom. The van der Waals surface area contributed by atoms with Gasteiger partial charge in [-0.1, -0.05) is 35.3 Å². The first-order chi connectivity index (χ1) is 15.8. The van der Waals surface area contributed by atoms with Crippen LogP contribution in [0.5, 0.6) is 0 Å². The lowest BCUT2D eigenvalue weighted by Gasteiger charge is -2.16. The molecule has 1 aliphatic rings. The van der Waals surface area contributed by atoms with Crippen molar-refractivity contribution in [2.24, 2.45) is 0 Å². The van der Waals surface area contributed by atoms with Gasteiger partial charge in [0.2, 0.25) is 0 Å². The van der Waals surface area contributed by atoms with E-state index >= 15 is 0 Å². The summed E-state index contributed by atoms with van der Waals surface area (Å²) < 4.78 is 5.22. The van der Waals surface area contributed by atoms with Crippen LogP contribution < -0.4 is 10.2 Å². The van der Waals surface area contributed by atoms with Gasteiger partial charge in [0.25, 0.3) is 17.7 Å². The number of amides is 3. The molecule has 1 unspecified atom stereocenters. The minimum atomic E-state index is -1.12. The molecule has 0 spiro atoms. The number of esters is 1. The van der Waals surface area contributed by atoms with Crippen molar-refractivity contribution in [1.82, 2.24) is 0 Å². The van der Waals surface area contributed by atoms with Crippen molar-refractivity contribution < 1.29 is 23.9 Å². The number of nitrogens with one attached hydrogen (secondary N) is 1. The van der Waals surface area contributed by atoms with Crippen LogP contribution >= 0.6 is 23.2 Å². The van der Waals surface area contributed by atoms with Gasteiger partial charge < -0.3 is 10.1 Å². The molecule has 9 heteroatoms. The van der Waals surface area contributed by atoms with Gasteiger partial charge in [0.05, 0.1) is 33.1 Å². The molecule has 1 N–H and O–H groups in total. The van der Waals surface area contributed by atoms with Crippen molar-refractivity contribution in [2.75, 3.05) is 10.2 Å². The molecule has 1 heterocycles. The summed E-state index contributed by atoms with van der Waals surface area (Å²) >= 11 is 11.9. The predicted octanol–water partition coefficient (Wildman–Crippen LogP) is 4.98. The van der Waals surface area contributed by atoms with Crippen LogP contribution in [0.3, 0.4) is 0 Å². The third-order valence-corrected chi connectivity index (χ3v) is 5.56. The summed E-state index contributed by atoms with van der Waals surface area (Å²) in [5, 5.41) is 3.23. The molecule has 1 aliphatic heterocycles. The van der Waals surface area contributed by atoms with Gasteiger partial charge in [-0.15, -0.1) is 0 Å². The highest BCUT2D eigenvalue weighted by molar-refractivity contribution is 6.36. The molecule has 1 atom stereocenters. The highest BCUT2D eigenvalue weighted by Crippen LogP contribution is 2.29. The number of halogens is 2. The lowest BCUT2D eigenvalue weighted by atomic mass is 10.1. The molecule has 0 saturated carbocycles. The number of hydrogen-bond donors (Lipinski definition) is 1. The fourth-order valence-corrected chi connectivity index (χ4v) is 3.62. The Morgan fingerprint density at radius 1 is 0.909 bits per heavy atom. The molecule has 0 saturated heterocycles. The van der Waals surface area contributed by atoms with E-state index in [0.717, 1.165) is 4.90 Å². The Hall–Kier alpha value is -3.68. The highest BCUT2D eigenvalue weighted by atomic mass is 35.5. The van der Waals surface area contributed by atoms with E-state index in [1.54, 1.807) is 30.3 Å². The monoisotopic (exact) mass is 482 g/mol. The normalized spacial score (nSPS) is 13.5. The van der Waals surface area contributed by atoms with Crippen LogP contribution in [0, 0.1) is 0 Å². The lowest BCUT2D eigenvalue weighted by molar-refractivity contribution is -0.123. The van der Waals surface area contributed by atoms with Gasteiger partial charge in [0.1, 0.15) is 0 Å². The standard InChI is InChI=1S/C24H16Cl2N2O5/c1-13(21(29)27-20-12-15(25)8-11-19(20)26)33-24(32)14-6-9-16(10-7-14)28-22(30)17-4-2-3-5-18(17)23(28)31/h2-13H,1H3,(H,27,29). The van der Waals surface area contributed by atoms with Gasteiger partial charge in [-0.3, -0.25) is 14.4 Å². The fraction of sp³-hybridized carbons (Fsp3) is 0.0833. The summed E-state index contributed by atoms with van der Waals surface area (Å²) in [6, 6.07) is 16.9. The number of carbonyl (C=O) groups excluding carboxylic acids is 4. The summed E-state index contributed by atoms with van der Waals surface area (Å²) in [5.41, 5.74) is 1.41. The number of fused-ring (bicyclic) bond motifs is 1. The van der Waals surface area contributed by atoms with Crippen molar-refractivity contribution in [3.8, 4) is 0 Å². The van der Waals surface area contributed by atoms with Gasteiger partial charge in [-0.05, 0) is 61.5 Å². The van der Waals surface area contributed by atoms with E-state index in [4.69, 9.17) is 27.9 Å². The van der Waals surface area contributed by atoms with Crippen LogP contribution in [0.15, 0.2) is 66.7 Å². The minimum absolute atomic E-state index is 0.149. The Kier molecular flexibility index (Phi) is 6.18. The summed E-state index contributed by atoms with van der Waals surface area (Å²) in [6.07, 6.45) is -1.12. The van der Waals surface area contributed by atoms with E-state index in [1.165, 1.54) is 43.3 Å². The Labute approximate surface area is 198 Å². The largest absolute Gasteiger partial charge is 0.449 e. The third kappa shape index (κ3) is 4.46. The predicted molar refractivity (Wildman–Crippen MR) is 124 cm³/mol.